The summed E-state index contributed by atoms with van der Waals surface area (Å²) in [7, 11) is 0. The number of nitrogen functional groups attached to an aromatic ring is 1. The number of halogens is 4. The molecule has 3 heterocycles. The van der Waals surface area contributed by atoms with Gasteiger partial charge in [-0.15, -0.1) is 0 Å². The third-order valence-corrected chi connectivity index (χ3v) is 15.2. The second-order valence-corrected chi connectivity index (χ2v) is 24.0. The number of alkyl halides is 2. The quantitative estimate of drug-likeness (QED) is 0.0110. The number of hydrogen-bond donors (Lipinski definition) is 11. The third-order valence-electron chi connectivity index (χ3n) is 13.7. The predicted octanol–water partition coefficient (Wildman–Crippen LogP) is 14.0. The lowest BCUT2D eigenvalue weighted by molar-refractivity contribution is -0.119. The van der Waals surface area contributed by atoms with Crippen LogP contribution in [0, 0.1) is 0 Å². The number of amides is 7. The maximum atomic E-state index is 11.6. The van der Waals surface area contributed by atoms with Crippen LogP contribution in [0.15, 0.2) is 206 Å². The first-order valence-electron chi connectivity index (χ1n) is 32.8. The van der Waals surface area contributed by atoms with Gasteiger partial charge in [0.25, 0.3) is 0 Å². The Labute approximate surface area is 631 Å². The minimum Gasteiger partial charge on any atom is -0.399 e. The molecular formula is C76H81Br2Cl2N17O7. The molecule has 0 unspecified atom stereocenters. The molecule has 28 heteroatoms. The van der Waals surface area contributed by atoms with Crippen molar-refractivity contribution in [2.75, 3.05) is 92.9 Å². The summed E-state index contributed by atoms with van der Waals surface area (Å²) in [5.74, 6) is 2.64. The van der Waals surface area contributed by atoms with Crippen LogP contribution in [0.4, 0.5) is 46.0 Å². The van der Waals surface area contributed by atoms with Gasteiger partial charge in [0.15, 0.2) is 17.5 Å². The summed E-state index contributed by atoms with van der Waals surface area (Å²) in [5, 5.41) is 29.8. The average Bonchev–Trinajstić information content (AvgIpc) is 0.864. The van der Waals surface area contributed by atoms with Gasteiger partial charge in [-0.2, -0.15) is 0 Å². The van der Waals surface area contributed by atoms with E-state index >= 15 is 0 Å². The van der Waals surface area contributed by atoms with E-state index in [9.17, 15) is 33.6 Å². The van der Waals surface area contributed by atoms with Crippen molar-refractivity contribution >= 4 is 142 Å². The Kier molecular flexibility index (Phi) is 35.3. The Bertz CT molecular complexity index is 4190. The Morgan fingerprint density at radius 1 is 0.337 bits per heavy atom. The van der Waals surface area contributed by atoms with Crippen LogP contribution in [-0.2, 0) is 33.6 Å². The summed E-state index contributed by atoms with van der Waals surface area (Å²) in [4.78, 5) is 104. The molecule has 0 saturated heterocycles. The lowest BCUT2D eigenvalue weighted by atomic mass is 10.0. The van der Waals surface area contributed by atoms with Crippen molar-refractivity contribution in [1.29, 1.82) is 0 Å². The van der Waals surface area contributed by atoms with Crippen molar-refractivity contribution in [3.05, 3.63) is 217 Å². The van der Waals surface area contributed by atoms with Crippen LogP contribution in [-0.4, -0.2) is 121 Å². The number of nitrogens with zero attached hydrogens (tertiary/aromatic N) is 6. The topological polar surface area (TPSA) is 343 Å². The normalized spacial score (nSPS) is 10.1. The van der Waals surface area contributed by atoms with Gasteiger partial charge in [-0.05, 0) is 58.7 Å². The molecule has 0 aliphatic carbocycles. The van der Waals surface area contributed by atoms with E-state index in [1.807, 2.05) is 170 Å². The number of carbonyl (C=O) groups is 7. The molecule has 540 valence electrons. The van der Waals surface area contributed by atoms with Crippen molar-refractivity contribution in [2.45, 2.75) is 47.5 Å². The number of benzene rings is 7. The monoisotopic (exact) mass is 1570 g/mol. The van der Waals surface area contributed by atoms with Crippen LogP contribution in [0.3, 0.4) is 0 Å². The molecule has 0 radical (unpaired) electrons. The van der Waals surface area contributed by atoms with Gasteiger partial charge >= 0.3 is 0 Å². The molecule has 0 bridgehead atoms. The van der Waals surface area contributed by atoms with Crippen LogP contribution in [0.5, 0.6) is 0 Å². The van der Waals surface area contributed by atoms with Crippen molar-refractivity contribution in [3.8, 4) is 56.4 Å². The first kappa shape index (κ1) is 81.8. The van der Waals surface area contributed by atoms with E-state index in [0.717, 1.165) is 56.0 Å². The number of carbonyl (C=O) groups excluding carboxylic acids is 7. The molecule has 24 nitrogen and oxygen atoms in total. The Balaban J connectivity index is 0.000000205. The number of nitrogens with one attached hydrogen (secondary N) is 10. The van der Waals surface area contributed by atoms with Gasteiger partial charge in [-0.3, -0.25) is 33.6 Å². The molecule has 7 aromatic carbocycles. The molecule has 0 fully saturated rings. The van der Waals surface area contributed by atoms with Crippen LogP contribution in [0.2, 0.25) is 10.3 Å². The Morgan fingerprint density at radius 3 is 1.04 bits per heavy atom. The molecular weight excluding hydrogens is 1490 g/mol. The minimum atomic E-state index is -0.191. The second-order valence-electron chi connectivity index (χ2n) is 22.1. The van der Waals surface area contributed by atoms with Crippen molar-refractivity contribution < 1.29 is 33.6 Å². The second kappa shape index (κ2) is 44.9. The van der Waals surface area contributed by atoms with E-state index in [1.165, 1.54) is 32.9 Å². The first-order chi connectivity index (χ1) is 50.2. The van der Waals surface area contributed by atoms with Gasteiger partial charge in [0, 0.05) is 131 Å². The largest absolute Gasteiger partial charge is 0.399 e. The molecule has 10 aromatic rings. The highest BCUT2D eigenvalue weighted by molar-refractivity contribution is 9.09. The van der Waals surface area contributed by atoms with Crippen molar-refractivity contribution in [2.24, 2.45) is 0 Å². The van der Waals surface area contributed by atoms with Crippen molar-refractivity contribution in [3.63, 3.8) is 0 Å². The highest BCUT2D eigenvalue weighted by Crippen LogP contribution is 2.29. The van der Waals surface area contributed by atoms with E-state index < -0.39 is 0 Å². The zero-order valence-corrected chi connectivity index (χ0v) is 62.5. The van der Waals surface area contributed by atoms with Crippen molar-refractivity contribution in [1.82, 2.24) is 45.9 Å². The average molecular weight is 1580 g/mol. The minimum absolute atomic E-state index is 0.0237. The molecule has 7 amide bonds. The number of aromatic nitrogens is 6. The molecule has 3 aromatic heterocycles. The smallest absolute Gasteiger partial charge is 0.236 e. The number of nitrogens with two attached hydrogens (primary N) is 1. The lowest BCUT2D eigenvalue weighted by Gasteiger charge is -2.13. The lowest BCUT2D eigenvalue weighted by Crippen LogP contribution is -2.26. The summed E-state index contributed by atoms with van der Waals surface area (Å²) in [5.41, 5.74) is 16.0. The van der Waals surface area contributed by atoms with E-state index in [-0.39, 0.29) is 57.2 Å². The Morgan fingerprint density at radius 2 is 0.654 bits per heavy atom. The van der Waals surface area contributed by atoms with Gasteiger partial charge in [-0.1, -0.05) is 221 Å². The van der Waals surface area contributed by atoms with Crippen LogP contribution >= 0.6 is 55.1 Å². The van der Waals surface area contributed by atoms with E-state index in [0.29, 0.717) is 104 Å². The van der Waals surface area contributed by atoms with E-state index in [1.54, 1.807) is 19.9 Å². The van der Waals surface area contributed by atoms with Gasteiger partial charge in [0.2, 0.25) is 41.4 Å². The summed E-state index contributed by atoms with van der Waals surface area (Å²) in [6.45, 7) is 11.4. The van der Waals surface area contributed by atoms with Gasteiger partial charge in [0.05, 0.1) is 10.7 Å². The molecule has 0 saturated carbocycles. The molecule has 10 rings (SSSR count). The first-order valence-corrected chi connectivity index (χ1v) is 35.8. The summed E-state index contributed by atoms with van der Waals surface area (Å²) in [6.07, 6.45) is 0.762. The molecule has 104 heavy (non-hydrogen) atoms. The fourth-order valence-corrected chi connectivity index (χ4v) is 9.66. The van der Waals surface area contributed by atoms with Gasteiger partial charge in [0.1, 0.15) is 33.6 Å². The SMILES string of the molecule is CC(=O)NCCNc1cc(N)cc(-c2ccccc2)c1.CC(=O)NCCNc1cc(NC(=O)CBr)cc(-c2ccccc2)c1.CCC(=O)Nc1cc(Cl)nc(-c2ccccc2)n1.CCC(=O)Nc1cc(NCCNC(C)=O)nc(-c2ccccc2)n1.O=C(CBr)Nc1cc(Cl)nc(-c2ccccc2)n1. The number of anilines is 8. The zero-order valence-electron chi connectivity index (χ0n) is 57.8. The fourth-order valence-electron chi connectivity index (χ4n) is 9.02. The Hall–Kier alpha value is -11.2. The van der Waals surface area contributed by atoms with Gasteiger partial charge < -0.3 is 58.9 Å². The summed E-state index contributed by atoms with van der Waals surface area (Å²) in [6, 6.07) is 64.9. The fraction of sp³-hybridized carbons (Fsp3) is 0.197. The van der Waals surface area contributed by atoms with E-state index in [2.05, 4.69) is 133 Å². The van der Waals surface area contributed by atoms with Crippen LogP contribution in [0.1, 0.15) is 47.5 Å². The summed E-state index contributed by atoms with van der Waals surface area (Å²) < 4.78 is 0. The third kappa shape index (κ3) is 31.0. The molecule has 0 aliphatic heterocycles. The molecule has 0 atom stereocenters. The maximum Gasteiger partial charge on any atom is 0.236 e. The van der Waals surface area contributed by atoms with Gasteiger partial charge in [-0.25, -0.2) is 29.9 Å². The molecule has 12 N–H and O–H groups in total. The highest BCUT2D eigenvalue weighted by atomic mass is 79.9. The highest BCUT2D eigenvalue weighted by Gasteiger charge is 2.13. The predicted molar refractivity (Wildman–Crippen MR) is 425 cm³/mol. The van der Waals surface area contributed by atoms with E-state index in [4.69, 9.17) is 28.9 Å². The molecule has 0 aliphatic rings. The molecule has 0 spiro atoms. The summed E-state index contributed by atoms with van der Waals surface area (Å²) >= 11 is 18.1. The maximum absolute atomic E-state index is 11.6. The number of rotatable bonds is 25. The standard InChI is InChI=1S/C18H20BrN3O2.C17H21N5O2.C16H19N3O.C13H12ClN3O.C12H9BrClN3O/c1-13(23)20-7-8-21-16-9-15(14-5-3-2-4-6-14)10-17(11-16)22-18(24)12-19;1-3-16(24)20-15-11-14(19-10-9-18-12(2)23)21-17(22-15)13-7-5-4-6-8-13;1-12(20)18-7-8-19-16-10-14(9-15(17)11-16)13-5-3-2-4-6-13;1-2-12(18)16-11-8-10(14)15-13(17-11)9-6-4-3-5-7-9;13-7-11(18)16-10-6-9(14)15-12(17-10)8-4-2-1-3-5-8/h2-6,9-11,21H,7-8,12H2,1H3,(H,20,23)(H,22,24);4-8,11H,3,9-10H2,1-2H3,(H,18,23)(H2,19,20,21,22,24);2-6,9-11,19H,7-8,17H2,1H3,(H,18,20);3-8H,2H2,1H3,(H,15,16,17,18);1-6H,7H2,(H,15,16,17,18). The van der Waals surface area contributed by atoms with Crippen LogP contribution < -0.4 is 58.9 Å². The number of hydrogen-bond acceptors (Lipinski definition) is 17. The zero-order chi connectivity index (χ0) is 75.0. The van der Waals surface area contributed by atoms with Crippen LogP contribution in [0.25, 0.3) is 56.4 Å².